The van der Waals surface area contributed by atoms with E-state index in [1.807, 2.05) is 0 Å². The molecule has 0 aliphatic carbocycles. The van der Waals surface area contributed by atoms with Crippen LogP contribution in [0, 0.1) is 5.82 Å². The highest BCUT2D eigenvalue weighted by Gasteiger charge is 2.50. The lowest BCUT2D eigenvalue weighted by Gasteiger charge is -2.16. The molecule has 0 aromatic heterocycles. The Morgan fingerprint density at radius 3 is 2.84 bits per heavy atom. The van der Waals surface area contributed by atoms with Crippen LogP contribution >= 0.6 is 0 Å². The summed E-state index contributed by atoms with van der Waals surface area (Å²) in [6.45, 7) is 1.89. The molecule has 104 valence electrons. The summed E-state index contributed by atoms with van der Waals surface area (Å²) in [7, 11) is 0. The van der Waals surface area contributed by atoms with Crippen LogP contribution in [0.4, 0.5) is 13.2 Å². The molecule has 0 bridgehead atoms. The molecule has 1 fully saturated rings. The van der Waals surface area contributed by atoms with Crippen LogP contribution in [0.2, 0.25) is 0 Å². The fraction of sp³-hybridized carbons (Fsp3) is 0.462. The van der Waals surface area contributed by atoms with Gasteiger partial charge in [-0.2, -0.15) is 8.78 Å². The van der Waals surface area contributed by atoms with Crippen molar-refractivity contribution in [3.8, 4) is 0 Å². The lowest BCUT2D eigenvalue weighted by molar-refractivity contribution is -0.159. The number of halogens is 3. The summed E-state index contributed by atoms with van der Waals surface area (Å²) in [4.78, 5) is 10.8. The van der Waals surface area contributed by atoms with E-state index in [0.717, 1.165) is 0 Å². The monoisotopic (exact) mass is 273 g/mol. The third kappa shape index (κ3) is 3.26. The van der Waals surface area contributed by atoms with Crippen molar-refractivity contribution in [2.24, 2.45) is 0 Å². The minimum absolute atomic E-state index is 0.110. The van der Waals surface area contributed by atoms with Gasteiger partial charge in [0.15, 0.2) is 0 Å². The first-order valence-corrected chi connectivity index (χ1v) is 5.96. The number of rotatable bonds is 4. The molecule has 0 spiro atoms. The zero-order chi connectivity index (χ0) is 14.0. The zero-order valence-electron chi connectivity index (χ0n) is 10.3. The van der Waals surface area contributed by atoms with E-state index in [1.54, 1.807) is 19.1 Å². The molecule has 0 radical (unpaired) electrons. The lowest BCUT2D eigenvalue weighted by atomic mass is 10.1. The second kappa shape index (κ2) is 5.21. The summed E-state index contributed by atoms with van der Waals surface area (Å²) in [5, 5.41) is 2.95. The Kier molecular flexibility index (Phi) is 3.80. The molecular formula is C13H14F3NO2. The van der Waals surface area contributed by atoms with Crippen molar-refractivity contribution in [3.63, 3.8) is 0 Å². The van der Waals surface area contributed by atoms with E-state index in [9.17, 15) is 18.0 Å². The number of hydrogen-bond acceptors (Lipinski definition) is 3. The largest absolute Gasteiger partial charge is 0.456 e. The predicted molar refractivity (Wildman–Crippen MR) is 62.3 cm³/mol. The topological polar surface area (TPSA) is 38.3 Å². The van der Waals surface area contributed by atoms with Crippen molar-refractivity contribution in [1.29, 1.82) is 0 Å². The molecule has 0 amide bonds. The first kappa shape index (κ1) is 13.9. The molecule has 2 atom stereocenters. The van der Waals surface area contributed by atoms with Crippen LogP contribution in [0.15, 0.2) is 24.3 Å². The number of nitrogens with one attached hydrogen (secondary N) is 1. The van der Waals surface area contributed by atoms with Crippen molar-refractivity contribution >= 4 is 5.97 Å². The average molecular weight is 273 g/mol. The minimum atomic E-state index is -3.39. The zero-order valence-corrected chi connectivity index (χ0v) is 10.3. The standard InChI is InChI=1S/C13H14F3NO2/c1-8(9-3-2-4-10(14)5-9)17-7-11-6-13(15,16)12(18)19-11/h2-5,8,11,17H,6-7H2,1H3/t8-,11?/m1/s1. The number of carbonyl (C=O) groups is 1. The SMILES string of the molecule is C[C@@H](NCC1CC(F)(F)C(=O)O1)c1cccc(F)c1. The second-order valence-corrected chi connectivity index (χ2v) is 4.62. The molecular weight excluding hydrogens is 259 g/mol. The van der Waals surface area contributed by atoms with Crippen LogP contribution in [-0.2, 0) is 9.53 Å². The first-order chi connectivity index (χ1) is 8.88. The number of cyclic esters (lactones) is 1. The van der Waals surface area contributed by atoms with Gasteiger partial charge >= 0.3 is 11.9 Å². The van der Waals surface area contributed by atoms with E-state index in [4.69, 9.17) is 0 Å². The Hall–Kier alpha value is -1.56. The van der Waals surface area contributed by atoms with Gasteiger partial charge in [0.25, 0.3) is 0 Å². The molecule has 0 saturated carbocycles. The molecule has 1 heterocycles. The Morgan fingerprint density at radius 2 is 2.26 bits per heavy atom. The van der Waals surface area contributed by atoms with Crippen LogP contribution in [0.25, 0.3) is 0 Å². The summed E-state index contributed by atoms with van der Waals surface area (Å²) in [5.74, 6) is -5.23. The van der Waals surface area contributed by atoms with Crippen molar-refractivity contribution in [2.45, 2.75) is 31.4 Å². The summed E-state index contributed by atoms with van der Waals surface area (Å²) in [6, 6.07) is 5.79. The van der Waals surface area contributed by atoms with Crippen LogP contribution < -0.4 is 5.32 Å². The summed E-state index contributed by atoms with van der Waals surface area (Å²) < 4.78 is 43.5. The molecule has 1 saturated heterocycles. The van der Waals surface area contributed by atoms with Gasteiger partial charge in [-0.15, -0.1) is 0 Å². The fourth-order valence-electron chi connectivity index (χ4n) is 1.96. The minimum Gasteiger partial charge on any atom is -0.456 e. The van der Waals surface area contributed by atoms with Gasteiger partial charge < -0.3 is 10.1 Å². The number of ether oxygens (including phenoxy) is 1. The highest BCUT2D eigenvalue weighted by atomic mass is 19.3. The smallest absolute Gasteiger partial charge is 0.377 e. The van der Waals surface area contributed by atoms with Crippen LogP contribution in [0.3, 0.4) is 0 Å². The predicted octanol–water partition coefficient (Wildman–Crippen LogP) is 2.43. The highest BCUT2D eigenvalue weighted by molar-refractivity contribution is 5.79. The average Bonchev–Trinajstić information content (AvgIpc) is 2.60. The van der Waals surface area contributed by atoms with Gasteiger partial charge in [-0.25, -0.2) is 9.18 Å². The number of esters is 1. The van der Waals surface area contributed by atoms with Crippen molar-refractivity contribution in [2.75, 3.05) is 6.54 Å². The second-order valence-electron chi connectivity index (χ2n) is 4.62. The first-order valence-electron chi connectivity index (χ1n) is 5.96. The van der Waals surface area contributed by atoms with Crippen molar-refractivity contribution in [3.05, 3.63) is 35.6 Å². The number of hydrogen-bond donors (Lipinski definition) is 1. The molecule has 1 aromatic rings. The third-order valence-corrected chi connectivity index (χ3v) is 3.06. The molecule has 1 aliphatic heterocycles. The maximum atomic E-state index is 13.0. The fourth-order valence-corrected chi connectivity index (χ4v) is 1.96. The molecule has 1 aliphatic rings. The number of carbonyl (C=O) groups excluding carboxylic acids is 1. The van der Waals surface area contributed by atoms with Crippen LogP contribution in [-0.4, -0.2) is 24.5 Å². The number of alkyl halides is 2. The van der Waals surface area contributed by atoms with Gasteiger partial charge in [-0.1, -0.05) is 12.1 Å². The van der Waals surface area contributed by atoms with E-state index >= 15 is 0 Å². The molecule has 6 heteroatoms. The Labute approximate surface area is 108 Å². The maximum Gasteiger partial charge on any atom is 0.377 e. The Balaban J connectivity index is 1.88. The summed E-state index contributed by atoms with van der Waals surface area (Å²) in [5.41, 5.74) is 0.705. The van der Waals surface area contributed by atoms with Gasteiger partial charge in [-0.05, 0) is 24.6 Å². The quantitative estimate of drug-likeness (QED) is 0.856. The molecule has 2 rings (SSSR count). The molecule has 1 N–H and O–H groups in total. The molecule has 19 heavy (non-hydrogen) atoms. The lowest BCUT2D eigenvalue weighted by Crippen LogP contribution is -2.29. The summed E-state index contributed by atoms with van der Waals surface area (Å²) in [6.07, 6.45) is -1.46. The van der Waals surface area contributed by atoms with Gasteiger partial charge in [0.1, 0.15) is 11.9 Å². The Morgan fingerprint density at radius 1 is 1.53 bits per heavy atom. The normalized spacial score (nSPS) is 23.2. The van der Waals surface area contributed by atoms with Crippen molar-refractivity contribution in [1.82, 2.24) is 5.32 Å². The van der Waals surface area contributed by atoms with E-state index in [1.165, 1.54) is 12.1 Å². The van der Waals surface area contributed by atoms with Gasteiger partial charge in [-0.3, -0.25) is 0 Å². The van der Waals surface area contributed by atoms with Gasteiger partial charge in [0.2, 0.25) is 0 Å². The summed E-state index contributed by atoms with van der Waals surface area (Å²) >= 11 is 0. The number of benzene rings is 1. The molecule has 1 unspecified atom stereocenters. The third-order valence-electron chi connectivity index (χ3n) is 3.06. The van der Waals surface area contributed by atoms with Gasteiger partial charge in [0, 0.05) is 12.6 Å². The Bertz CT molecular complexity index is 479. The van der Waals surface area contributed by atoms with Crippen LogP contribution in [0.5, 0.6) is 0 Å². The van der Waals surface area contributed by atoms with Crippen LogP contribution in [0.1, 0.15) is 24.9 Å². The van der Waals surface area contributed by atoms with Gasteiger partial charge in [0.05, 0.1) is 6.42 Å². The van der Waals surface area contributed by atoms with Crippen molar-refractivity contribution < 1.29 is 22.7 Å². The maximum absolute atomic E-state index is 13.0. The highest BCUT2D eigenvalue weighted by Crippen LogP contribution is 2.30. The van der Waals surface area contributed by atoms with E-state index < -0.39 is 24.4 Å². The van der Waals surface area contributed by atoms with E-state index in [-0.39, 0.29) is 18.4 Å². The van der Waals surface area contributed by atoms with E-state index in [2.05, 4.69) is 10.1 Å². The van der Waals surface area contributed by atoms with E-state index in [0.29, 0.717) is 5.56 Å². The molecule has 1 aromatic carbocycles. The molecule has 3 nitrogen and oxygen atoms in total.